The fraction of sp³-hybridized carbons (Fsp3) is 0.462. The van der Waals surface area contributed by atoms with Gasteiger partial charge in [0.25, 0.3) is 0 Å². The molecule has 0 heterocycles. The number of methoxy groups -OCH3 is 1. The molecule has 31 heavy (non-hydrogen) atoms. The van der Waals surface area contributed by atoms with Crippen LogP contribution in [-0.4, -0.2) is 25.1 Å². The predicted molar refractivity (Wildman–Crippen MR) is 123 cm³/mol. The van der Waals surface area contributed by atoms with E-state index in [4.69, 9.17) is 9.47 Å². The van der Waals surface area contributed by atoms with Gasteiger partial charge in [0.1, 0.15) is 11.3 Å². The Morgan fingerprint density at radius 2 is 1.84 bits per heavy atom. The minimum atomic E-state index is -0.554. The first-order valence-electron chi connectivity index (χ1n) is 11.2. The number of hydrogen-bond donors (Lipinski definition) is 1. The van der Waals surface area contributed by atoms with E-state index in [1.54, 1.807) is 18.2 Å². The van der Waals surface area contributed by atoms with Gasteiger partial charge in [-0.2, -0.15) is 0 Å². The summed E-state index contributed by atoms with van der Waals surface area (Å²) in [6, 6.07) is 13.4. The fourth-order valence-corrected chi connectivity index (χ4v) is 4.28. The number of carbonyl (C=O) groups is 2. The largest absolute Gasteiger partial charge is 0.490 e. The van der Waals surface area contributed by atoms with Crippen LogP contribution in [0.25, 0.3) is 0 Å². The quantitative estimate of drug-likeness (QED) is 0.572. The van der Waals surface area contributed by atoms with E-state index in [1.807, 2.05) is 19.9 Å². The van der Waals surface area contributed by atoms with Crippen molar-refractivity contribution in [2.45, 2.75) is 70.8 Å². The molecule has 2 aromatic carbocycles. The number of rotatable bonds is 7. The maximum atomic E-state index is 13.6. The molecular weight excluding hydrogens is 390 g/mol. The number of ether oxygens (including phenoxy) is 2. The molecule has 2 aromatic rings. The standard InChI is InChI=1S/C26H33NO4/c1-5-19(3)31-23-13-12-21(17-22(23)24(28)30-4)27-25(29)26(14-7-6-8-15-26)20-11-9-10-18(2)16-20/h9-13,16-17,19H,5-8,14-15H2,1-4H3,(H,27,29)/t19-/m1/s1. The van der Waals surface area contributed by atoms with Gasteiger partial charge in [0.05, 0.1) is 18.6 Å². The topological polar surface area (TPSA) is 64.6 Å². The van der Waals surface area contributed by atoms with E-state index in [1.165, 1.54) is 7.11 Å². The first-order chi connectivity index (χ1) is 14.9. The van der Waals surface area contributed by atoms with Gasteiger partial charge >= 0.3 is 5.97 Å². The third-order valence-electron chi connectivity index (χ3n) is 6.26. The molecule has 0 aromatic heterocycles. The van der Waals surface area contributed by atoms with E-state index in [-0.39, 0.29) is 12.0 Å². The van der Waals surface area contributed by atoms with Crippen molar-refractivity contribution in [2.24, 2.45) is 0 Å². The highest BCUT2D eigenvalue weighted by Gasteiger charge is 2.41. The molecule has 1 aliphatic carbocycles. The molecule has 0 unspecified atom stereocenters. The molecule has 5 nitrogen and oxygen atoms in total. The molecule has 1 amide bonds. The minimum absolute atomic E-state index is 0.0239. The molecule has 1 atom stereocenters. The summed E-state index contributed by atoms with van der Waals surface area (Å²) < 4.78 is 10.8. The zero-order valence-electron chi connectivity index (χ0n) is 19.0. The SMILES string of the molecule is CC[C@@H](C)Oc1ccc(NC(=O)C2(c3cccc(C)c3)CCCCC2)cc1C(=O)OC. The lowest BCUT2D eigenvalue weighted by Gasteiger charge is -2.36. The first-order valence-corrected chi connectivity index (χ1v) is 11.2. The Hall–Kier alpha value is -2.82. The van der Waals surface area contributed by atoms with E-state index in [0.29, 0.717) is 17.0 Å². The molecule has 1 aliphatic rings. The van der Waals surface area contributed by atoms with Gasteiger partial charge in [-0.15, -0.1) is 0 Å². The molecule has 3 rings (SSSR count). The summed E-state index contributed by atoms with van der Waals surface area (Å²) in [7, 11) is 1.34. The van der Waals surface area contributed by atoms with Gasteiger partial charge in [0.15, 0.2) is 0 Å². The van der Waals surface area contributed by atoms with E-state index >= 15 is 0 Å². The molecule has 0 spiro atoms. The highest BCUT2D eigenvalue weighted by molar-refractivity contribution is 6.01. The maximum absolute atomic E-state index is 13.6. The second kappa shape index (κ2) is 9.99. The van der Waals surface area contributed by atoms with Crippen molar-refractivity contribution in [3.8, 4) is 5.75 Å². The van der Waals surface area contributed by atoms with Gasteiger partial charge in [-0.25, -0.2) is 4.79 Å². The van der Waals surface area contributed by atoms with Crippen LogP contribution >= 0.6 is 0 Å². The lowest BCUT2D eigenvalue weighted by atomic mass is 9.68. The fourth-order valence-electron chi connectivity index (χ4n) is 4.28. The summed E-state index contributed by atoms with van der Waals surface area (Å²) in [5.41, 5.74) is 2.54. The Bertz CT molecular complexity index is 931. The number of benzene rings is 2. The highest BCUT2D eigenvalue weighted by Crippen LogP contribution is 2.41. The van der Waals surface area contributed by atoms with Gasteiger partial charge in [-0.05, 0) is 56.9 Å². The van der Waals surface area contributed by atoms with Crippen LogP contribution in [0.5, 0.6) is 5.75 Å². The molecule has 166 valence electrons. The summed E-state index contributed by atoms with van der Waals surface area (Å²) in [5.74, 6) is -0.0464. The van der Waals surface area contributed by atoms with Gasteiger partial charge < -0.3 is 14.8 Å². The summed E-state index contributed by atoms with van der Waals surface area (Å²) in [6.45, 7) is 6.02. The smallest absolute Gasteiger partial charge is 0.341 e. The average molecular weight is 424 g/mol. The van der Waals surface area contributed by atoms with Crippen molar-refractivity contribution in [3.05, 3.63) is 59.2 Å². The maximum Gasteiger partial charge on any atom is 0.341 e. The van der Waals surface area contributed by atoms with Gasteiger partial charge in [0.2, 0.25) is 5.91 Å². The molecule has 1 N–H and O–H groups in total. The van der Waals surface area contributed by atoms with E-state index in [9.17, 15) is 9.59 Å². The number of carbonyl (C=O) groups excluding carboxylic acids is 2. The molecule has 0 bridgehead atoms. The normalized spacial score (nSPS) is 16.3. The highest BCUT2D eigenvalue weighted by atomic mass is 16.5. The third kappa shape index (κ3) is 5.09. The Balaban J connectivity index is 1.92. The Labute approximate surface area is 185 Å². The second-order valence-electron chi connectivity index (χ2n) is 8.51. The molecule has 0 aliphatic heterocycles. The summed E-state index contributed by atoms with van der Waals surface area (Å²) in [4.78, 5) is 26.0. The van der Waals surface area contributed by atoms with Gasteiger partial charge in [0, 0.05) is 5.69 Å². The van der Waals surface area contributed by atoms with Crippen molar-refractivity contribution in [1.29, 1.82) is 0 Å². The first kappa shape index (κ1) is 22.9. The Morgan fingerprint density at radius 3 is 2.48 bits per heavy atom. The van der Waals surface area contributed by atoms with Crippen molar-refractivity contribution < 1.29 is 19.1 Å². The number of aryl methyl sites for hydroxylation is 1. The Morgan fingerprint density at radius 1 is 1.10 bits per heavy atom. The molecule has 0 radical (unpaired) electrons. The average Bonchev–Trinajstić information content (AvgIpc) is 2.79. The van der Waals surface area contributed by atoms with E-state index in [0.717, 1.165) is 49.7 Å². The zero-order valence-corrected chi connectivity index (χ0v) is 19.0. The van der Waals surface area contributed by atoms with Crippen LogP contribution in [0, 0.1) is 6.92 Å². The number of nitrogens with one attached hydrogen (secondary N) is 1. The van der Waals surface area contributed by atoms with Crippen molar-refractivity contribution in [1.82, 2.24) is 0 Å². The molecule has 0 saturated heterocycles. The van der Waals surface area contributed by atoms with Crippen LogP contribution < -0.4 is 10.1 Å². The van der Waals surface area contributed by atoms with Crippen molar-refractivity contribution in [3.63, 3.8) is 0 Å². The van der Waals surface area contributed by atoms with Crippen LogP contribution in [0.3, 0.4) is 0 Å². The Kier molecular flexibility index (Phi) is 7.37. The van der Waals surface area contributed by atoms with Crippen molar-refractivity contribution >= 4 is 17.6 Å². The number of anilines is 1. The molecule has 1 saturated carbocycles. The van der Waals surface area contributed by atoms with Crippen molar-refractivity contribution in [2.75, 3.05) is 12.4 Å². The van der Waals surface area contributed by atoms with Crippen LogP contribution in [0.2, 0.25) is 0 Å². The molecule has 5 heteroatoms. The van der Waals surface area contributed by atoms with Crippen LogP contribution in [0.1, 0.15) is 73.9 Å². The summed E-state index contributed by atoms with van der Waals surface area (Å²) in [5, 5.41) is 3.08. The minimum Gasteiger partial charge on any atom is -0.490 e. The number of amides is 1. The lowest BCUT2D eigenvalue weighted by molar-refractivity contribution is -0.122. The summed E-state index contributed by atoms with van der Waals surface area (Å²) in [6.07, 6.45) is 5.62. The van der Waals surface area contributed by atoms with E-state index in [2.05, 4.69) is 30.4 Å². The van der Waals surface area contributed by atoms with E-state index < -0.39 is 11.4 Å². The van der Waals surface area contributed by atoms with Crippen LogP contribution in [-0.2, 0) is 14.9 Å². The number of hydrogen-bond acceptors (Lipinski definition) is 4. The second-order valence-corrected chi connectivity index (χ2v) is 8.51. The van der Waals surface area contributed by atoms with Gasteiger partial charge in [-0.3, -0.25) is 4.79 Å². The third-order valence-corrected chi connectivity index (χ3v) is 6.26. The van der Waals surface area contributed by atoms with Gasteiger partial charge in [-0.1, -0.05) is 56.0 Å². The molecule has 1 fully saturated rings. The molecular formula is C26H33NO4. The van der Waals surface area contributed by atoms with Crippen LogP contribution in [0.4, 0.5) is 5.69 Å². The monoisotopic (exact) mass is 423 g/mol. The number of esters is 1. The zero-order chi connectivity index (χ0) is 22.4. The predicted octanol–water partition coefficient (Wildman–Crippen LogP) is 5.80. The lowest BCUT2D eigenvalue weighted by Crippen LogP contribution is -2.42. The summed E-state index contributed by atoms with van der Waals surface area (Å²) >= 11 is 0. The van der Waals surface area contributed by atoms with Crippen LogP contribution in [0.15, 0.2) is 42.5 Å².